The number of aromatic nitrogens is 4. The minimum Gasteiger partial charge on any atom is -0.493 e. The number of hydrogen-bond donors (Lipinski definition) is 1. The number of para-hydroxylation sites is 1. The molecule has 1 saturated carbocycles. The second kappa shape index (κ2) is 8.30. The van der Waals surface area contributed by atoms with E-state index in [0.29, 0.717) is 23.7 Å². The van der Waals surface area contributed by atoms with Crippen LogP contribution in [0.15, 0.2) is 53.6 Å². The maximum atomic E-state index is 12.8. The monoisotopic (exact) mass is 393 g/mol. The van der Waals surface area contributed by atoms with Gasteiger partial charge in [-0.15, -0.1) is 5.10 Å². The second-order valence-electron chi connectivity index (χ2n) is 6.86. The van der Waals surface area contributed by atoms with Gasteiger partial charge in [0.2, 0.25) is 0 Å². The lowest BCUT2D eigenvalue weighted by Crippen LogP contribution is -2.32. The number of hydrogen-bond acceptors (Lipinski definition) is 5. The van der Waals surface area contributed by atoms with Crippen LogP contribution in [-0.2, 0) is 6.54 Å². The van der Waals surface area contributed by atoms with E-state index in [4.69, 9.17) is 4.74 Å². The number of rotatable bonds is 8. The van der Waals surface area contributed by atoms with Crippen LogP contribution in [0.3, 0.4) is 0 Å². The van der Waals surface area contributed by atoms with Crippen molar-refractivity contribution in [1.29, 1.82) is 0 Å². The molecular weight excluding hydrogens is 370 g/mol. The molecule has 2 heterocycles. The summed E-state index contributed by atoms with van der Waals surface area (Å²) >= 11 is 0. The van der Waals surface area contributed by atoms with Crippen molar-refractivity contribution in [2.75, 3.05) is 13.2 Å². The van der Waals surface area contributed by atoms with Crippen molar-refractivity contribution in [3.63, 3.8) is 0 Å². The first-order valence-electron chi connectivity index (χ1n) is 9.78. The summed E-state index contributed by atoms with van der Waals surface area (Å²) < 4.78 is 8.66. The van der Waals surface area contributed by atoms with E-state index in [0.717, 1.165) is 18.4 Å². The summed E-state index contributed by atoms with van der Waals surface area (Å²) in [6.07, 6.45) is 5.35. The Labute approximate surface area is 168 Å². The molecule has 1 aliphatic carbocycles. The molecule has 1 aromatic carbocycles. The number of benzene rings is 1. The minimum absolute atomic E-state index is 0.157. The molecule has 0 spiro atoms. The Morgan fingerprint density at radius 2 is 2.07 bits per heavy atom. The SMILES string of the molecule is CCOc1ccccc1C(=O)NCCn1nc(-c2cccnc2)n(C2CC2)c1=O. The molecule has 0 aliphatic heterocycles. The number of amides is 1. The van der Waals surface area contributed by atoms with Gasteiger partial charge < -0.3 is 10.1 Å². The standard InChI is InChI=1S/C21H23N5O3/c1-2-29-18-8-4-3-7-17(18)20(27)23-12-13-25-21(28)26(16-9-10-16)19(24-25)15-6-5-11-22-14-15/h3-8,11,14,16H,2,9-10,12-13H2,1H3,(H,23,27). The summed E-state index contributed by atoms with van der Waals surface area (Å²) in [5.41, 5.74) is 1.13. The van der Waals surface area contributed by atoms with Crippen LogP contribution in [0, 0.1) is 0 Å². The molecule has 4 rings (SSSR count). The predicted octanol–water partition coefficient (Wildman–Crippen LogP) is 2.27. The van der Waals surface area contributed by atoms with Gasteiger partial charge in [0.1, 0.15) is 5.75 Å². The van der Waals surface area contributed by atoms with Crippen LogP contribution in [0.2, 0.25) is 0 Å². The van der Waals surface area contributed by atoms with E-state index in [1.54, 1.807) is 35.2 Å². The van der Waals surface area contributed by atoms with Gasteiger partial charge in [-0.1, -0.05) is 12.1 Å². The van der Waals surface area contributed by atoms with E-state index < -0.39 is 0 Å². The zero-order valence-corrected chi connectivity index (χ0v) is 16.2. The molecule has 1 fully saturated rings. The molecule has 3 aromatic rings. The smallest absolute Gasteiger partial charge is 0.346 e. The van der Waals surface area contributed by atoms with Crippen LogP contribution in [0.25, 0.3) is 11.4 Å². The van der Waals surface area contributed by atoms with E-state index in [1.165, 1.54) is 4.68 Å². The molecule has 0 saturated heterocycles. The van der Waals surface area contributed by atoms with Gasteiger partial charge in [0, 0.05) is 30.5 Å². The zero-order chi connectivity index (χ0) is 20.2. The van der Waals surface area contributed by atoms with Crippen LogP contribution >= 0.6 is 0 Å². The molecule has 0 bridgehead atoms. The Kier molecular flexibility index (Phi) is 5.41. The summed E-state index contributed by atoms with van der Waals surface area (Å²) in [5.74, 6) is 0.927. The average Bonchev–Trinajstić information content (AvgIpc) is 3.53. The summed E-state index contributed by atoms with van der Waals surface area (Å²) in [6.45, 7) is 2.92. The van der Waals surface area contributed by atoms with Crippen molar-refractivity contribution < 1.29 is 9.53 Å². The van der Waals surface area contributed by atoms with E-state index in [1.807, 2.05) is 25.1 Å². The predicted molar refractivity (Wildman–Crippen MR) is 108 cm³/mol. The molecule has 150 valence electrons. The first-order valence-corrected chi connectivity index (χ1v) is 9.78. The van der Waals surface area contributed by atoms with Gasteiger partial charge in [-0.3, -0.25) is 14.3 Å². The van der Waals surface area contributed by atoms with Crippen LogP contribution in [0.4, 0.5) is 0 Å². The zero-order valence-electron chi connectivity index (χ0n) is 16.2. The summed E-state index contributed by atoms with van der Waals surface area (Å²) in [4.78, 5) is 29.5. The molecule has 8 heteroatoms. The summed E-state index contributed by atoms with van der Waals surface area (Å²) in [7, 11) is 0. The van der Waals surface area contributed by atoms with Gasteiger partial charge in [0.25, 0.3) is 5.91 Å². The topological polar surface area (TPSA) is 91.0 Å². The quantitative estimate of drug-likeness (QED) is 0.634. The Balaban J connectivity index is 1.48. The van der Waals surface area contributed by atoms with E-state index in [-0.39, 0.29) is 30.7 Å². The lowest BCUT2D eigenvalue weighted by atomic mass is 10.2. The number of carbonyl (C=O) groups excluding carboxylic acids is 1. The maximum Gasteiger partial charge on any atom is 0.346 e. The first kappa shape index (κ1) is 18.9. The van der Waals surface area contributed by atoms with Gasteiger partial charge in [0.05, 0.1) is 18.7 Å². The molecule has 29 heavy (non-hydrogen) atoms. The van der Waals surface area contributed by atoms with E-state index in [9.17, 15) is 9.59 Å². The average molecular weight is 393 g/mol. The molecule has 0 unspecified atom stereocenters. The molecule has 8 nitrogen and oxygen atoms in total. The third-order valence-electron chi connectivity index (χ3n) is 4.74. The fourth-order valence-electron chi connectivity index (χ4n) is 3.23. The highest BCUT2D eigenvalue weighted by atomic mass is 16.5. The molecule has 0 radical (unpaired) electrons. The van der Waals surface area contributed by atoms with Gasteiger partial charge in [-0.2, -0.15) is 0 Å². The number of carbonyl (C=O) groups is 1. The lowest BCUT2D eigenvalue weighted by Gasteiger charge is -2.10. The Bertz CT molecular complexity index is 1050. The fourth-order valence-corrected chi connectivity index (χ4v) is 3.23. The fraction of sp³-hybridized carbons (Fsp3) is 0.333. The molecule has 1 aliphatic rings. The highest BCUT2D eigenvalue weighted by Crippen LogP contribution is 2.36. The molecule has 2 aromatic heterocycles. The van der Waals surface area contributed by atoms with Gasteiger partial charge in [-0.05, 0) is 44.0 Å². The number of ether oxygens (including phenoxy) is 1. The van der Waals surface area contributed by atoms with Crippen LogP contribution < -0.4 is 15.7 Å². The van der Waals surface area contributed by atoms with Crippen molar-refractivity contribution in [3.8, 4) is 17.1 Å². The summed E-state index contributed by atoms with van der Waals surface area (Å²) in [5, 5.41) is 7.36. The Hall–Kier alpha value is -3.42. The lowest BCUT2D eigenvalue weighted by molar-refractivity contribution is 0.0948. The van der Waals surface area contributed by atoms with Gasteiger partial charge in [0.15, 0.2) is 5.82 Å². The Morgan fingerprint density at radius 1 is 1.24 bits per heavy atom. The van der Waals surface area contributed by atoms with Crippen molar-refractivity contribution >= 4 is 5.91 Å². The molecular formula is C21H23N5O3. The van der Waals surface area contributed by atoms with Crippen molar-refractivity contribution in [2.45, 2.75) is 32.4 Å². The van der Waals surface area contributed by atoms with Crippen LogP contribution in [0.5, 0.6) is 5.75 Å². The highest BCUT2D eigenvalue weighted by molar-refractivity contribution is 5.96. The second-order valence-corrected chi connectivity index (χ2v) is 6.86. The molecule has 0 atom stereocenters. The van der Waals surface area contributed by atoms with Gasteiger partial charge >= 0.3 is 5.69 Å². The maximum absolute atomic E-state index is 12.8. The molecule has 1 amide bonds. The van der Waals surface area contributed by atoms with E-state index in [2.05, 4.69) is 15.4 Å². The minimum atomic E-state index is -0.240. The van der Waals surface area contributed by atoms with Crippen LogP contribution in [0.1, 0.15) is 36.2 Å². The van der Waals surface area contributed by atoms with Crippen molar-refractivity contribution in [3.05, 3.63) is 64.8 Å². The number of pyridine rings is 1. The number of nitrogens with zero attached hydrogens (tertiary/aromatic N) is 4. The van der Waals surface area contributed by atoms with Crippen LogP contribution in [-0.4, -0.2) is 38.4 Å². The largest absolute Gasteiger partial charge is 0.493 e. The van der Waals surface area contributed by atoms with E-state index >= 15 is 0 Å². The van der Waals surface area contributed by atoms with Crippen molar-refractivity contribution in [1.82, 2.24) is 24.6 Å². The number of nitrogens with one attached hydrogen (secondary N) is 1. The third-order valence-corrected chi connectivity index (χ3v) is 4.74. The summed E-state index contributed by atoms with van der Waals surface area (Å²) in [6, 6.07) is 11.0. The van der Waals surface area contributed by atoms with Crippen molar-refractivity contribution in [2.24, 2.45) is 0 Å². The Morgan fingerprint density at radius 3 is 2.79 bits per heavy atom. The highest BCUT2D eigenvalue weighted by Gasteiger charge is 2.30. The molecule has 1 N–H and O–H groups in total. The normalized spacial score (nSPS) is 13.3. The van der Waals surface area contributed by atoms with Gasteiger partial charge in [-0.25, -0.2) is 9.48 Å². The first-order chi connectivity index (χ1) is 14.2. The third kappa shape index (κ3) is 4.06.